The van der Waals surface area contributed by atoms with Crippen LogP contribution in [0.5, 0.6) is 0 Å². The second-order valence-corrected chi connectivity index (χ2v) is 9.99. The van der Waals surface area contributed by atoms with Gasteiger partial charge in [-0.2, -0.15) is 0 Å². The number of aryl methyl sites for hydroxylation is 3. The molecule has 2 aromatic rings. The molecule has 146 valence electrons. The fraction of sp³-hybridized carbons (Fsp3) is 0.318. The van der Waals surface area contributed by atoms with Gasteiger partial charge in [0.25, 0.3) is 0 Å². The Hall–Kier alpha value is -1.52. The number of benzene rings is 2. The fourth-order valence-corrected chi connectivity index (χ4v) is 6.81. The number of halogens is 1. The third-order valence-electron chi connectivity index (χ3n) is 5.32. The van der Waals surface area contributed by atoms with Crippen molar-refractivity contribution < 1.29 is 18.2 Å². The molecule has 1 unspecified atom stereocenters. The molecule has 1 atom stereocenters. The van der Waals surface area contributed by atoms with E-state index in [2.05, 4.69) is 92.1 Å². The third-order valence-corrected chi connectivity index (χ3v) is 7.93. The summed E-state index contributed by atoms with van der Waals surface area (Å²) in [4.78, 5) is 7.18. The molecule has 0 bridgehead atoms. The van der Waals surface area contributed by atoms with Crippen LogP contribution in [0.1, 0.15) is 22.3 Å². The number of anilines is 3. The molecule has 0 amide bonds. The zero-order valence-electron chi connectivity index (χ0n) is 16.3. The number of nitrogens with zero attached hydrogens (tertiary/aromatic N) is 3. The Morgan fingerprint density at radius 2 is 1.78 bits per heavy atom. The van der Waals surface area contributed by atoms with Crippen molar-refractivity contribution in [3.8, 4) is 0 Å². The van der Waals surface area contributed by atoms with Crippen molar-refractivity contribution in [2.45, 2.75) is 26.8 Å². The number of hydrogen-bond donors (Lipinski definition) is 0. The van der Waals surface area contributed by atoms with E-state index < -0.39 is 18.2 Å². The molecule has 0 aliphatic carbocycles. The summed E-state index contributed by atoms with van der Waals surface area (Å²) in [5, 5.41) is 0. The summed E-state index contributed by atoms with van der Waals surface area (Å²) in [5.41, 5.74) is 9.12. The molecule has 0 saturated carbocycles. The maximum absolute atomic E-state index is 6.59. The first-order valence-corrected chi connectivity index (χ1v) is 12.9. The number of para-hydroxylation sites is 1. The molecule has 4 rings (SSSR count). The Morgan fingerprint density at radius 3 is 2.41 bits per heavy atom. The van der Waals surface area contributed by atoms with Crippen LogP contribution in [0.15, 0.2) is 36.4 Å². The van der Waals surface area contributed by atoms with E-state index in [9.17, 15) is 0 Å². The van der Waals surface area contributed by atoms with Gasteiger partial charge in [0.15, 0.2) is 0 Å². The SMILES string of the molecule is Cc1cc(C)c(N2CN3c4c(cccc4N(C)C)C=CC3[C]2=[Au][Cl])c(C)c1. The van der Waals surface area contributed by atoms with E-state index in [-0.39, 0.29) is 6.04 Å². The Morgan fingerprint density at radius 1 is 1.07 bits per heavy atom. The van der Waals surface area contributed by atoms with Gasteiger partial charge in [-0.25, -0.2) is 0 Å². The fourth-order valence-electron chi connectivity index (χ4n) is 4.35. The average molecular weight is 564 g/mol. The molecular formula is C22H25AuClN3. The molecule has 2 aromatic carbocycles. The summed E-state index contributed by atoms with van der Waals surface area (Å²) in [7, 11) is 10.8. The first-order chi connectivity index (χ1) is 12.9. The van der Waals surface area contributed by atoms with Crippen molar-refractivity contribution in [1.29, 1.82) is 0 Å². The molecule has 0 N–H and O–H groups in total. The molecule has 2 aliphatic rings. The van der Waals surface area contributed by atoms with Gasteiger partial charge in [0, 0.05) is 0 Å². The van der Waals surface area contributed by atoms with Crippen molar-refractivity contribution in [3.05, 3.63) is 58.7 Å². The second kappa shape index (κ2) is 7.14. The van der Waals surface area contributed by atoms with E-state index in [4.69, 9.17) is 9.19 Å². The van der Waals surface area contributed by atoms with Gasteiger partial charge in [-0.05, 0) is 0 Å². The van der Waals surface area contributed by atoms with E-state index in [0.29, 0.717) is 0 Å². The Balaban J connectivity index is 1.85. The van der Waals surface area contributed by atoms with E-state index >= 15 is 0 Å². The molecule has 3 nitrogen and oxygen atoms in total. The molecule has 5 heteroatoms. The summed E-state index contributed by atoms with van der Waals surface area (Å²) in [6, 6.07) is 11.3. The molecule has 0 spiro atoms. The van der Waals surface area contributed by atoms with E-state index in [0.717, 1.165) is 6.67 Å². The molecule has 0 aromatic heterocycles. The standard InChI is InChI=1S/C22H25N3.Au.ClH/c1-15-11-16(2)21(17(3)12-15)24-13-19-10-9-18-7-6-8-20(23(4)5)22(18)25(19)14-24;;/h6-12,19H,14H2,1-5H3;;1H/q;+1;/p-1. The van der Waals surface area contributed by atoms with Gasteiger partial charge in [0.2, 0.25) is 0 Å². The van der Waals surface area contributed by atoms with Gasteiger partial charge < -0.3 is 0 Å². The molecular weight excluding hydrogens is 539 g/mol. The zero-order chi connectivity index (χ0) is 19.3. The third kappa shape index (κ3) is 3.07. The summed E-state index contributed by atoms with van der Waals surface area (Å²) < 4.78 is 1.35. The Bertz CT molecular complexity index is 941. The van der Waals surface area contributed by atoms with Crippen LogP contribution >= 0.6 is 9.19 Å². The minimum absolute atomic E-state index is 0.248. The van der Waals surface area contributed by atoms with Gasteiger partial charge in [0.1, 0.15) is 0 Å². The molecule has 1 fully saturated rings. The topological polar surface area (TPSA) is 9.72 Å². The van der Waals surface area contributed by atoms with Gasteiger partial charge >= 0.3 is 175 Å². The number of hydrogen-bond acceptors (Lipinski definition) is 3. The summed E-state index contributed by atoms with van der Waals surface area (Å²) in [6.07, 6.45) is 4.57. The Labute approximate surface area is 174 Å². The minimum atomic E-state index is -0.425. The van der Waals surface area contributed by atoms with Gasteiger partial charge in [-0.15, -0.1) is 0 Å². The number of fused-ring (bicyclic) bond motifs is 3. The van der Waals surface area contributed by atoms with Crippen LogP contribution in [0.2, 0.25) is 0 Å². The van der Waals surface area contributed by atoms with Crippen LogP contribution < -0.4 is 14.7 Å². The van der Waals surface area contributed by atoms with Crippen molar-refractivity contribution >= 4 is 36.2 Å². The van der Waals surface area contributed by atoms with Crippen molar-refractivity contribution in [2.75, 3.05) is 35.5 Å². The van der Waals surface area contributed by atoms with Crippen LogP contribution in [-0.4, -0.2) is 30.7 Å². The second-order valence-electron chi connectivity index (χ2n) is 7.54. The van der Waals surface area contributed by atoms with Gasteiger partial charge in [0.05, 0.1) is 0 Å². The molecule has 1 saturated heterocycles. The molecule has 0 radical (unpaired) electrons. The van der Waals surface area contributed by atoms with Crippen LogP contribution in [0.4, 0.5) is 17.1 Å². The zero-order valence-corrected chi connectivity index (χ0v) is 19.3. The van der Waals surface area contributed by atoms with E-state index in [1.54, 1.807) is 0 Å². The van der Waals surface area contributed by atoms with Crippen molar-refractivity contribution in [2.24, 2.45) is 0 Å². The molecule has 2 aliphatic heterocycles. The predicted octanol–water partition coefficient (Wildman–Crippen LogP) is 4.72. The van der Waals surface area contributed by atoms with Gasteiger partial charge in [-0.3, -0.25) is 0 Å². The van der Waals surface area contributed by atoms with Crippen LogP contribution in [0, 0.1) is 20.8 Å². The molecule has 27 heavy (non-hydrogen) atoms. The quantitative estimate of drug-likeness (QED) is 0.490. The van der Waals surface area contributed by atoms with Crippen LogP contribution in [-0.2, 0) is 18.2 Å². The monoisotopic (exact) mass is 563 g/mol. The normalized spacial score (nSPS) is 20.1. The van der Waals surface area contributed by atoms with Crippen LogP contribution in [0.25, 0.3) is 6.08 Å². The molecule has 2 heterocycles. The maximum atomic E-state index is 6.59. The average Bonchev–Trinajstić information content (AvgIpc) is 2.98. The predicted molar refractivity (Wildman–Crippen MR) is 115 cm³/mol. The number of rotatable bonds is 2. The Kier molecular flexibility index (Phi) is 4.98. The summed E-state index contributed by atoms with van der Waals surface area (Å²) >= 11 is -0.425. The van der Waals surface area contributed by atoms with E-state index in [1.807, 2.05) is 0 Å². The first-order valence-electron chi connectivity index (χ1n) is 9.09. The van der Waals surface area contributed by atoms with Crippen LogP contribution in [0.3, 0.4) is 0 Å². The van der Waals surface area contributed by atoms with Gasteiger partial charge in [-0.1, -0.05) is 0 Å². The first kappa shape index (κ1) is 18.8. The summed E-state index contributed by atoms with van der Waals surface area (Å²) in [6.45, 7) is 7.43. The van der Waals surface area contributed by atoms with Crippen molar-refractivity contribution in [1.82, 2.24) is 0 Å². The van der Waals surface area contributed by atoms with E-state index in [1.165, 1.54) is 43.2 Å². The summed E-state index contributed by atoms with van der Waals surface area (Å²) in [5.74, 6) is 0. The van der Waals surface area contributed by atoms with Crippen molar-refractivity contribution in [3.63, 3.8) is 0 Å².